The molecule has 0 radical (unpaired) electrons. The number of carbonyl (C=O) groups excluding carboxylic acids is 1. The van der Waals surface area contributed by atoms with E-state index in [2.05, 4.69) is 37.2 Å². The second-order valence-electron chi connectivity index (χ2n) is 13.8. The Balaban J connectivity index is 1.14. The molecule has 1 amide bonds. The second-order valence-corrected chi connectivity index (χ2v) is 13.8. The van der Waals surface area contributed by atoms with Crippen LogP contribution in [0.5, 0.6) is 5.75 Å². The highest BCUT2D eigenvalue weighted by molar-refractivity contribution is 6.00. The van der Waals surface area contributed by atoms with Gasteiger partial charge in [-0.15, -0.1) is 0 Å². The highest BCUT2D eigenvalue weighted by Crippen LogP contribution is 2.41. The third-order valence-corrected chi connectivity index (χ3v) is 10.8. The lowest BCUT2D eigenvalue weighted by atomic mass is 9.98. The largest absolute Gasteiger partial charge is 0.494 e. The smallest absolute Gasteiger partial charge is 0.254 e. The molecule has 47 heavy (non-hydrogen) atoms. The molecule has 3 atom stereocenters. The van der Waals surface area contributed by atoms with Crippen molar-refractivity contribution in [1.29, 1.82) is 5.26 Å². The molecule has 2 bridgehead atoms. The number of carbonyl (C=O) groups is 1. The van der Waals surface area contributed by atoms with Crippen LogP contribution in [0.1, 0.15) is 41.7 Å². The van der Waals surface area contributed by atoms with Gasteiger partial charge in [0.15, 0.2) is 5.82 Å². The lowest BCUT2D eigenvalue weighted by Gasteiger charge is -2.41. The van der Waals surface area contributed by atoms with E-state index in [1.165, 1.54) is 12.8 Å². The minimum atomic E-state index is -0.000258. The van der Waals surface area contributed by atoms with Crippen LogP contribution in [-0.2, 0) is 13.1 Å². The molecule has 4 fully saturated rings. The van der Waals surface area contributed by atoms with Crippen LogP contribution in [0.15, 0.2) is 54.9 Å². The zero-order valence-electron chi connectivity index (χ0n) is 26.4. The molecule has 5 aromatic rings. The van der Waals surface area contributed by atoms with Gasteiger partial charge in [0.1, 0.15) is 28.7 Å². The fourth-order valence-corrected chi connectivity index (χ4v) is 8.18. The molecule has 6 heterocycles. The summed E-state index contributed by atoms with van der Waals surface area (Å²) in [5, 5.41) is 10.4. The number of hydrogen-bond donors (Lipinski definition) is 1. The molecule has 4 aliphatic rings. The second kappa shape index (κ2) is 10.8. The molecular weight excluding hydrogens is 590 g/mol. The van der Waals surface area contributed by atoms with Crippen molar-refractivity contribution in [3.05, 3.63) is 66.1 Å². The van der Waals surface area contributed by atoms with Crippen molar-refractivity contribution in [2.24, 2.45) is 23.5 Å². The van der Waals surface area contributed by atoms with Gasteiger partial charge in [0.2, 0.25) is 0 Å². The number of aromatic nitrogens is 5. The minimum Gasteiger partial charge on any atom is -0.494 e. The van der Waals surface area contributed by atoms with Crippen LogP contribution < -0.4 is 15.4 Å². The Hall–Kier alpha value is -4.95. The van der Waals surface area contributed by atoms with Crippen molar-refractivity contribution in [2.75, 3.05) is 31.6 Å². The normalized spacial score (nSPS) is 22.3. The number of amides is 1. The van der Waals surface area contributed by atoms with E-state index in [0.717, 1.165) is 78.3 Å². The van der Waals surface area contributed by atoms with E-state index >= 15 is 0 Å². The van der Waals surface area contributed by atoms with Crippen LogP contribution in [-0.4, -0.2) is 73.7 Å². The van der Waals surface area contributed by atoms with Crippen LogP contribution in [0, 0.1) is 29.1 Å². The molecule has 0 spiro atoms. The summed E-state index contributed by atoms with van der Waals surface area (Å²) in [6, 6.07) is 16.2. The standard InChI is InChI=1S/C36H37N9O2/c1-47-31-13-25(36(46)44-20-24-6-7-29(44)32(24)38)11-28-33(31)45(19-22-16-42(17-22)27-8-10-39-26(14-27)15-37)35(41-28)30-12-23-3-2-9-40-34(23)43(30)18-21-4-5-21/h2-3,8-14,21-22,24,29,32H,4-7,16-20,38H2,1H3/t24-,29-,32-/m1/s1. The number of nitrogens with zero attached hydrogens (tertiary/aromatic N) is 8. The Kier molecular flexibility index (Phi) is 6.51. The highest BCUT2D eigenvalue weighted by Gasteiger charge is 2.47. The fraction of sp³-hybridized carbons (Fsp3) is 0.417. The van der Waals surface area contributed by atoms with E-state index < -0.39 is 0 Å². The molecule has 11 nitrogen and oxygen atoms in total. The monoisotopic (exact) mass is 627 g/mol. The maximum atomic E-state index is 13.9. The number of pyridine rings is 2. The van der Waals surface area contributed by atoms with Gasteiger partial charge in [0, 0.05) is 79.8 Å². The quantitative estimate of drug-likeness (QED) is 0.267. The predicted molar refractivity (Wildman–Crippen MR) is 178 cm³/mol. The average Bonchev–Trinajstić information content (AvgIpc) is 3.44. The number of fused-ring (bicyclic) bond motifs is 4. The molecule has 2 saturated carbocycles. The van der Waals surface area contributed by atoms with Gasteiger partial charge in [0.05, 0.1) is 18.3 Å². The number of anilines is 1. The first-order valence-corrected chi connectivity index (χ1v) is 16.7. The van der Waals surface area contributed by atoms with Crippen LogP contribution in [0.25, 0.3) is 33.6 Å². The van der Waals surface area contributed by atoms with Gasteiger partial charge in [-0.25, -0.2) is 15.0 Å². The van der Waals surface area contributed by atoms with E-state index in [1.807, 2.05) is 41.4 Å². The Morgan fingerprint density at radius 1 is 1.00 bits per heavy atom. The third-order valence-electron chi connectivity index (χ3n) is 10.8. The van der Waals surface area contributed by atoms with Gasteiger partial charge in [-0.3, -0.25) is 4.79 Å². The van der Waals surface area contributed by atoms with E-state index in [-0.39, 0.29) is 18.0 Å². The van der Waals surface area contributed by atoms with Gasteiger partial charge in [-0.05, 0) is 80.0 Å². The zero-order chi connectivity index (χ0) is 31.8. The first-order chi connectivity index (χ1) is 23.0. The number of piperidine rings is 1. The summed E-state index contributed by atoms with van der Waals surface area (Å²) in [6.07, 6.45) is 8.06. The van der Waals surface area contributed by atoms with Crippen LogP contribution in [0.2, 0.25) is 0 Å². The summed E-state index contributed by atoms with van der Waals surface area (Å²) >= 11 is 0. The number of nitriles is 1. The Bertz CT molecular complexity index is 2080. The summed E-state index contributed by atoms with van der Waals surface area (Å²) in [7, 11) is 1.67. The minimum absolute atomic E-state index is 0.000258. The van der Waals surface area contributed by atoms with Crippen molar-refractivity contribution >= 4 is 33.7 Å². The molecule has 2 saturated heterocycles. The zero-order valence-corrected chi connectivity index (χ0v) is 26.4. The van der Waals surface area contributed by atoms with Crippen molar-refractivity contribution in [1.82, 2.24) is 29.0 Å². The van der Waals surface area contributed by atoms with Crippen LogP contribution in [0.4, 0.5) is 5.69 Å². The molecule has 9 rings (SSSR count). The van der Waals surface area contributed by atoms with E-state index in [1.54, 1.807) is 13.3 Å². The highest BCUT2D eigenvalue weighted by atomic mass is 16.5. The summed E-state index contributed by atoms with van der Waals surface area (Å²) in [6.45, 7) is 4.03. The summed E-state index contributed by atoms with van der Waals surface area (Å²) in [4.78, 5) is 32.4. The number of rotatable bonds is 8. The summed E-state index contributed by atoms with van der Waals surface area (Å²) < 4.78 is 10.7. The molecular formula is C36H37N9O2. The van der Waals surface area contributed by atoms with Crippen molar-refractivity contribution < 1.29 is 9.53 Å². The maximum Gasteiger partial charge on any atom is 0.254 e. The van der Waals surface area contributed by atoms with Crippen LogP contribution >= 0.6 is 0 Å². The summed E-state index contributed by atoms with van der Waals surface area (Å²) in [5.74, 6) is 2.87. The SMILES string of the molecule is COc1cc(C(=O)N2C[C@H]3CC[C@@H]2[C@@H]3N)cc2nc(-c3cc4cccnc4n3CC3CC3)n(CC3CN(c4ccnc(C#N)c4)C3)c12. The number of hydrogen-bond acceptors (Lipinski definition) is 8. The molecule has 238 valence electrons. The van der Waals surface area contributed by atoms with Crippen molar-refractivity contribution in [3.8, 4) is 23.3 Å². The number of methoxy groups -OCH3 is 1. The fourth-order valence-electron chi connectivity index (χ4n) is 8.18. The van der Waals surface area contributed by atoms with Gasteiger partial charge in [-0.2, -0.15) is 5.26 Å². The van der Waals surface area contributed by atoms with Gasteiger partial charge < -0.3 is 29.4 Å². The lowest BCUT2D eigenvalue weighted by Crippen LogP contribution is -2.48. The van der Waals surface area contributed by atoms with Crippen molar-refractivity contribution in [2.45, 2.75) is 50.9 Å². The number of likely N-dealkylation sites (tertiary alicyclic amines) is 1. The third kappa shape index (κ3) is 4.65. The summed E-state index contributed by atoms with van der Waals surface area (Å²) in [5.41, 5.74) is 12.1. The maximum absolute atomic E-state index is 13.9. The first-order valence-electron chi connectivity index (χ1n) is 16.7. The van der Waals surface area contributed by atoms with Gasteiger partial charge in [0.25, 0.3) is 5.91 Å². The number of ether oxygens (including phenoxy) is 1. The predicted octanol–water partition coefficient (Wildman–Crippen LogP) is 4.44. The molecule has 4 aromatic heterocycles. The first kappa shape index (κ1) is 28.3. The van der Waals surface area contributed by atoms with Gasteiger partial charge >= 0.3 is 0 Å². The molecule has 2 aliphatic carbocycles. The molecule has 1 aromatic carbocycles. The van der Waals surface area contributed by atoms with Crippen LogP contribution in [0.3, 0.4) is 0 Å². The van der Waals surface area contributed by atoms with Crippen molar-refractivity contribution in [3.63, 3.8) is 0 Å². The molecule has 2 N–H and O–H groups in total. The Morgan fingerprint density at radius 3 is 2.60 bits per heavy atom. The topological polar surface area (TPSA) is 131 Å². The molecule has 0 unspecified atom stereocenters. The van der Waals surface area contributed by atoms with Gasteiger partial charge in [-0.1, -0.05) is 0 Å². The van der Waals surface area contributed by atoms with E-state index in [4.69, 9.17) is 20.4 Å². The Labute approximate surface area is 272 Å². The number of benzene rings is 1. The molecule has 11 heteroatoms. The number of nitrogens with two attached hydrogens (primary N) is 1. The average molecular weight is 628 g/mol. The lowest BCUT2D eigenvalue weighted by molar-refractivity contribution is 0.0700. The molecule has 2 aliphatic heterocycles. The van der Waals surface area contributed by atoms with E-state index in [0.29, 0.717) is 41.3 Å². The van der Waals surface area contributed by atoms with E-state index in [9.17, 15) is 10.1 Å². The Morgan fingerprint density at radius 2 is 1.85 bits per heavy atom. The number of imidazole rings is 1.